The van der Waals surface area contributed by atoms with E-state index in [0.29, 0.717) is 30.3 Å². The van der Waals surface area contributed by atoms with E-state index in [1.807, 2.05) is 6.07 Å². The molecule has 3 rings (SSSR count). The van der Waals surface area contributed by atoms with Crippen molar-refractivity contribution in [1.29, 1.82) is 0 Å². The number of hydrogen-bond donors (Lipinski definition) is 2. The number of para-hydroxylation sites is 2. The largest absolute Gasteiger partial charge is 0.475 e. The first-order chi connectivity index (χ1) is 11.9. The normalized spacial score (nSPS) is 13.7. The highest BCUT2D eigenvalue weighted by Gasteiger charge is 2.18. The summed E-state index contributed by atoms with van der Waals surface area (Å²) in [5, 5.41) is 2.80. The van der Waals surface area contributed by atoms with Crippen molar-refractivity contribution < 1.29 is 17.9 Å². The number of nitrogens with one attached hydrogen (secondary N) is 2. The minimum absolute atomic E-state index is 0.217. The van der Waals surface area contributed by atoms with Crippen molar-refractivity contribution in [1.82, 2.24) is 0 Å². The molecule has 7 nitrogen and oxygen atoms in total. The molecular formula is C17H17N3O4S. The summed E-state index contributed by atoms with van der Waals surface area (Å²) in [6.07, 6.45) is 1.03. The number of rotatable bonds is 5. The third-order valence-electron chi connectivity index (χ3n) is 3.46. The van der Waals surface area contributed by atoms with Gasteiger partial charge in [0.2, 0.25) is 15.9 Å². The first-order valence-electron chi connectivity index (χ1n) is 7.59. The maximum Gasteiger partial charge on any atom is 0.257 e. The van der Waals surface area contributed by atoms with E-state index in [9.17, 15) is 13.2 Å². The Morgan fingerprint density at radius 1 is 1.08 bits per heavy atom. The van der Waals surface area contributed by atoms with Crippen LogP contribution in [-0.2, 0) is 14.8 Å². The molecule has 0 unspecified atom stereocenters. The summed E-state index contributed by atoms with van der Waals surface area (Å²) in [5.74, 6) is 0.0521. The Hall–Kier alpha value is -2.87. The van der Waals surface area contributed by atoms with E-state index < -0.39 is 15.9 Å². The van der Waals surface area contributed by atoms with Crippen molar-refractivity contribution in [3.05, 3.63) is 59.7 Å². The molecule has 0 saturated carbocycles. The number of aliphatic imine (C=N–C) groups is 1. The lowest BCUT2D eigenvalue weighted by Gasteiger charge is -2.13. The van der Waals surface area contributed by atoms with Crippen LogP contribution in [0.4, 0.5) is 11.4 Å². The third kappa shape index (κ3) is 4.16. The van der Waals surface area contributed by atoms with Gasteiger partial charge in [0.15, 0.2) is 0 Å². The number of anilines is 2. The Morgan fingerprint density at radius 3 is 2.44 bits per heavy atom. The summed E-state index contributed by atoms with van der Waals surface area (Å²) < 4.78 is 30.8. The lowest BCUT2D eigenvalue weighted by Crippen LogP contribution is -2.18. The molecule has 0 radical (unpaired) electrons. The van der Waals surface area contributed by atoms with Gasteiger partial charge in [-0.05, 0) is 24.3 Å². The standard InChI is InChI=1S/C17H17N3O4S/c1-25(22,23)20-15-9-5-2-6-12(15)16(21)19-14-8-4-3-7-13(14)17-18-10-11-24-17/h2-9,20H,10-11H2,1H3,(H,19,21). The van der Waals surface area contributed by atoms with Gasteiger partial charge in [-0.25, -0.2) is 13.4 Å². The van der Waals surface area contributed by atoms with E-state index in [2.05, 4.69) is 15.0 Å². The molecule has 0 atom stereocenters. The molecule has 0 saturated heterocycles. The van der Waals surface area contributed by atoms with E-state index in [1.54, 1.807) is 36.4 Å². The SMILES string of the molecule is CS(=O)(=O)Nc1ccccc1C(=O)Nc1ccccc1C1=NCCO1. The molecule has 1 heterocycles. The van der Waals surface area contributed by atoms with Gasteiger partial charge in [0, 0.05) is 0 Å². The molecular weight excluding hydrogens is 342 g/mol. The molecule has 2 aromatic carbocycles. The predicted molar refractivity (Wildman–Crippen MR) is 96.7 cm³/mol. The summed E-state index contributed by atoms with van der Waals surface area (Å²) in [7, 11) is -3.50. The van der Waals surface area contributed by atoms with Crippen LogP contribution >= 0.6 is 0 Å². The van der Waals surface area contributed by atoms with Gasteiger partial charge < -0.3 is 10.1 Å². The van der Waals surface area contributed by atoms with Gasteiger partial charge in [0.1, 0.15) is 6.61 Å². The molecule has 8 heteroatoms. The lowest BCUT2D eigenvalue weighted by atomic mass is 10.1. The quantitative estimate of drug-likeness (QED) is 0.854. The Kier molecular flexibility index (Phi) is 4.71. The van der Waals surface area contributed by atoms with E-state index in [1.165, 1.54) is 6.07 Å². The van der Waals surface area contributed by atoms with Crippen LogP contribution in [0.25, 0.3) is 0 Å². The summed E-state index contributed by atoms with van der Waals surface area (Å²) in [6.45, 7) is 1.09. The molecule has 0 fully saturated rings. The Labute approximate surface area is 145 Å². The van der Waals surface area contributed by atoms with Crippen LogP contribution in [0, 0.1) is 0 Å². The van der Waals surface area contributed by atoms with Gasteiger partial charge in [0.25, 0.3) is 5.91 Å². The van der Waals surface area contributed by atoms with E-state index in [4.69, 9.17) is 4.74 Å². The van der Waals surface area contributed by atoms with Gasteiger partial charge in [-0.2, -0.15) is 0 Å². The molecule has 2 aromatic rings. The average molecular weight is 359 g/mol. The zero-order valence-electron chi connectivity index (χ0n) is 13.5. The highest BCUT2D eigenvalue weighted by molar-refractivity contribution is 7.92. The maximum atomic E-state index is 12.7. The Balaban J connectivity index is 1.89. The Bertz CT molecular complexity index is 938. The van der Waals surface area contributed by atoms with Gasteiger partial charge in [0.05, 0.1) is 35.3 Å². The topological polar surface area (TPSA) is 96.9 Å². The summed E-state index contributed by atoms with van der Waals surface area (Å²) in [5.41, 5.74) is 1.66. The van der Waals surface area contributed by atoms with Crippen LogP contribution < -0.4 is 10.0 Å². The fourth-order valence-electron chi connectivity index (χ4n) is 2.44. The molecule has 0 aliphatic carbocycles. The van der Waals surface area contributed by atoms with Crippen molar-refractivity contribution in [3.8, 4) is 0 Å². The second-order valence-electron chi connectivity index (χ2n) is 5.45. The molecule has 2 N–H and O–H groups in total. The first-order valence-corrected chi connectivity index (χ1v) is 9.48. The number of carbonyl (C=O) groups excluding carboxylic acids is 1. The van der Waals surface area contributed by atoms with Gasteiger partial charge in [-0.1, -0.05) is 24.3 Å². The van der Waals surface area contributed by atoms with E-state index in [-0.39, 0.29) is 11.3 Å². The zero-order chi connectivity index (χ0) is 17.9. The smallest absolute Gasteiger partial charge is 0.257 e. The second-order valence-corrected chi connectivity index (χ2v) is 7.20. The van der Waals surface area contributed by atoms with Gasteiger partial charge in [-0.3, -0.25) is 9.52 Å². The highest BCUT2D eigenvalue weighted by Crippen LogP contribution is 2.22. The maximum absolute atomic E-state index is 12.7. The van der Waals surface area contributed by atoms with Crippen molar-refractivity contribution >= 4 is 33.2 Å². The summed E-state index contributed by atoms with van der Waals surface area (Å²) >= 11 is 0. The van der Waals surface area contributed by atoms with Gasteiger partial charge in [-0.15, -0.1) is 0 Å². The fraction of sp³-hybridized carbons (Fsp3) is 0.176. The average Bonchev–Trinajstić information content (AvgIpc) is 3.08. The number of amides is 1. The van der Waals surface area contributed by atoms with Crippen LogP contribution in [-0.4, -0.2) is 39.6 Å². The van der Waals surface area contributed by atoms with Crippen LogP contribution in [0.5, 0.6) is 0 Å². The molecule has 130 valence electrons. The molecule has 0 spiro atoms. The summed E-state index contributed by atoms with van der Waals surface area (Å²) in [4.78, 5) is 16.9. The number of carbonyl (C=O) groups is 1. The fourth-order valence-corrected chi connectivity index (χ4v) is 3.01. The molecule has 0 bridgehead atoms. The van der Waals surface area contributed by atoms with Crippen LogP contribution in [0.2, 0.25) is 0 Å². The van der Waals surface area contributed by atoms with Crippen LogP contribution in [0.3, 0.4) is 0 Å². The van der Waals surface area contributed by atoms with E-state index in [0.717, 1.165) is 6.26 Å². The minimum Gasteiger partial charge on any atom is -0.475 e. The zero-order valence-corrected chi connectivity index (χ0v) is 14.3. The predicted octanol–water partition coefficient (Wildman–Crippen LogP) is 2.09. The second kappa shape index (κ2) is 6.94. The highest BCUT2D eigenvalue weighted by atomic mass is 32.2. The van der Waals surface area contributed by atoms with Crippen molar-refractivity contribution in [2.45, 2.75) is 0 Å². The minimum atomic E-state index is -3.50. The molecule has 1 amide bonds. The molecule has 1 aliphatic rings. The lowest BCUT2D eigenvalue weighted by molar-refractivity contribution is 0.102. The monoisotopic (exact) mass is 359 g/mol. The van der Waals surface area contributed by atoms with Crippen molar-refractivity contribution in [2.24, 2.45) is 4.99 Å². The number of ether oxygens (including phenoxy) is 1. The summed E-state index contributed by atoms with van der Waals surface area (Å²) in [6, 6.07) is 13.6. The third-order valence-corrected chi connectivity index (χ3v) is 4.05. The Morgan fingerprint density at radius 2 is 1.76 bits per heavy atom. The number of nitrogens with zero attached hydrogens (tertiary/aromatic N) is 1. The van der Waals surface area contributed by atoms with E-state index >= 15 is 0 Å². The van der Waals surface area contributed by atoms with Crippen molar-refractivity contribution in [3.63, 3.8) is 0 Å². The first kappa shape index (κ1) is 17.0. The van der Waals surface area contributed by atoms with Crippen molar-refractivity contribution in [2.75, 3.05) is 29.4 Å². The van der Waals surface area contributed by atoms with Crippen LogP contribution in [0.1, 0.15) is 15.9 Å². The molecule has 0 aromatic heterocycles. The van der Waals surface area contributed by atoms with Crippen LogP contribution in [0.15, 0.2) is 53.5 Å². The molecule has 25 heavy (non-hydrogen) atoms. The number of benzene rings is 2. The molecule has 1 aliphatic heterocycles. The number of sulfonamides is 1. The number of hydrogen-bond acceptors (Lipinski definition) is 5. The van der Waals surface area contributed by atoms with Gasteiger partial charge >= 0.3 is 0 Å².